The average molecular weight is 408 g/mol. The second kappa shape index (κ2) is 9.64. The minimum atomic E-state index is -0.262. The molecule has 1 heterocycles. The molecule has 0 aliphatic rings. The van der Waals surface area contributed by atoms with Gasteiger partial charge in [0.1, 0.15) is 12.1 Å². The summed E-state index contributed by atoms with van der Waals surface area (Å²) < 4.78 is 7.24. The van der Waals surface area contributed by atoms with Gasteiger partial charge in [-0.25, -0.2) is 4.68 Å². The van der Waals surface area contributed by atoms with E-state index in [9.17, 15) is 9.59 Å². The van der Waals surface area contributed by atoms with Crippen LogP contribution in [0.4, 0.5) is 0 Å². The summed E-state index contributed by atoms with van der Waals surface area (Å²) in [5.41, 5.74) is 2.10. The number of aromatic nitrogens is 4. The van der Waals surface area contributed by atoms with Crippen molar-refractivity contribution >= 4 is 11.8 Å². The lowest BCUT2D eigenvalue weighted by Gasteiger charge is -2.21. The van der Waals surface area contributed by atoms with Crippen LogP contribution < -0.4 is 10.1 Å². The van der Waals surface area contributed by atoms with Crippen molar-refractivity contribution < 1.29 is 14.3 Å². The standard InChI is InChI=1S/C21H24N6O3/c1-4-18(17-7-5-6-8-19(17)30-13-20(28)26(2)3)23-21(29)15-9-11-16(12-10-15)27-14-22-24-25-27/h5-12,14,18H,4,13H2,1-3H3,(H,23,29). The van der Waals surface area contributed by atoms with E-state index in [1.807, 2.05) is 25.1 Å². The largest absolute Gasteiger partial charge is 0.483 e. The van der Waals surface area contributed by atoms with Gasteiger partial charge in [-0.15, -0.1) is 5.10 Å². The Morgan fingerprint density at radius 1 is 1.13 bits per heavy atom. The molecule has 1 unspecified atom stereocenters. The van der Waals surface area contributed by atoms with Crippen molar-refractivity contribution in [2.45, 2.75) is 19.4 Å². The van der Waals surface area contributed by atoms with E-state index < -0.39 is 0 Å². The van der Waals surface area contributed by atoms with Crippen molar-refractivity contribution in [3.8, 4) is 11.4 Å². The number of amides is 2. The maximum atomic E-state index is 12.8. The van der Waals surface area contributed by atoms with Crippen LogP contribution in [0.15, 0.2) is 54.9 Å². The van der Waals surface area contributed by atoms with Crippen LogP contribution in [0.1, 0.15) is 35.3 Å². The van der Waals surface area contributed by atoms with E-state index in [-0.39, 0.29) is 24.5 Å². The van der Waals surface area contributed by atoms with Gasteiger partial charge < -0.3 is 15.0 Å². The van der Waals surface area contributed by atoms with Gasteiger partial charge in [0, 0.05) is 25.2 Å². The average Bonchev–Trinajstić information content (AvgIpc) is 3.31. The van der Waals surface area contributed by atoms with Crippen LogP contribution in [0.25, 0.3) is 5.69 Å². The lowest BCUT2D eigenvalue weighted by Crippen LogP contribution is -2.30. The molecule has 3 rings (SSSR count). The van der Waals surface area contributed by atoms with Crippen LogP contribution in [0.2, 0.25) is 0 Å². The van der Waals surface area contributed by atoms with Crippen LogP contribution in [0, 0.1) is 0 Å². The quantitative estimate of drug-likeness (QED) is 0.612. The molecule has 0 fully saturated rings. The molecule has 0 saturated heterocycles. The zero-order chi connectivity index (χ0) is 21.5. The molecule has 3 aromatic rings. The van der Waals surface area contributed by atoms with E-state index in [2.05, 4.69) is 20.8 Å². The summed E-state index contributed by atoms with van der Waals surface area (Å²) in [6.45, 7) is 1.92. The first-order valence-electron chi connectivity index (χ1n) is 9.55. The third-order valence-corrected chi connectivity index (χ3v) is 4.60. The highest BCUT2D eigenvalue weighted by Crippen LogP contribution is 2.27. The van der Waals surface area contributed by atoms with E-state index in [1.54, 1.807) is 44.4 Å². The van der Waals surface area contributed by atoms with Crippen molar-refractivity contribution in [1.82, 2.24) is 30.4 Å². The summed E-state index contributed by atoms with van der Waals surface area (Å²) in [7, 11) is 3.36. The number of nitrogens with one attached hydrogen (secondary N) is 1. The fourth-order valence-electron chi connectivity index (χ4n) is 2.85. The van der Waals surface area contributed by atoms with Gasteiger partial charge in [0.2, 0.25) is 0 Å². The van der Waals surface area contributed by atoms with Gasteiger partial charge >= 0.3 is 0 Å². The second-order valence-electron chi connectivity index (χ2n) is 6.85. The van der Waals surface area contributed by atoms with Gasteiger partial charge in [0.15, 0.2) is 6.61 Å². The molecule has 1 N–H and O–H groups in total. The second-order valence-corrected chi connectivity index (χ2v) is 6.85. The summed E-state index contributed by atoms with van der Waals surface area (Å²) in [6.07, 6.45) is 2.15. The fraction of sp³-hybridized carbons (Fsp3) is 0.286. The molecule has 1 aromatic heterocycles. The molecule has 2 amide bonds. The highest BCUT2D eigenvalue weighted by Gasteiger charge is 2.18. The summed E-state index contributed by atoms with van der Waals surface area (Å²) in [6, 6.07) is 14.1. The molecular weight excluding hydrogens is 384 g/mol. The van der Waals surface area contributed by atoms with Crippen molar-refractivity contribution in [2.75, 3.05) is 20.7 Å². The summed E-state index contributed by atoms with van der Waals surface area (Å²) in [5, 5.41) is 14.1. The lowest BCUT2D eigenvalue weighted by atomic mass is 10.0. The minimum Gasteiger partial charge on any atom is -0.483 e. The highest BCUT2D eigenvalue weighted by molar-refractivity contribution is 5.94. The van der Waals surface area contributed by atoms with Crippen LogP contribution in [-0.2, 0) is 4.79 Å². The molecule has 2 aromatic carbocycles. The molecule has 156 valence electrons. The Bertz CT molecular complexity index is 986. The first kappa shape index (κ1) is 21.0. The lowest BCUT2D eigenvalue weighted by molar-refractivity contribution is -0.130. The smallest absolute Gasteiger partial charge is 0.259 e. The van der Waals surface area contributed by atoms with E-state index in [0.717, 1.165) is 11.3 Å². The molecule has 0 aliphatic carbocycles. The predicted molar refractivity (Wildman–Crippen MR) is 110 cm³/mol. The molecular formula is C21H24N6O3. The van der Waals surface area contributed by atoms with Crippen molar-refractivity contribution in [1.29, 1.82) is 0 Å². The van der Waals surface area contributed by atoms with Gasteiger partial charge in [0.25, 0.3) is 11.8 Å². The Morgan fingerprint density at radius 3 is 2.50 bits per heavy atom. The van der Waals surface area contributed by atoms with Crippen molar-refractivity contribution in [2.24, 2.45) is 0 Å². The number of rotatable bonds is 8. The molecule has 0 saturated carbocycles. The SMILES string of the molecule is CCC(NC(=O)c1ccc(-n2cnnn2)cc1)c1ccccc1OCC(=O)N(C)C. The molecule has 0 aliphatic heterocycles. The maximum Gasteiger partial charge on any atom is 0.259 e. The third-order valence-electron chi connectivity index (χ3n) is 4.60. The molecule has 0 radical (unpaired) electrons. The molecule has 9 heteroatoms. The fourth-order valence-corrected chi connectivity index (χ4v) is 2.85. The molecule has 0 spiro atoms. The monoisotopic (exact) mass is 408 g/mol. The molecule has 30 heavy (non-hydrogen) atoms. The normalized spacial score (nSPS) is 11.6. The van der Waals surface area contributed by atoms with E-state index >= 15 is 0 Å². The Labute approximate surface area is 174 Å². The first-order chi connectivity index (χ1) is 14.5. The van der Waals surface area contributed by atoms with E-state index in [0.29, 0.717) is 17.7 Å². The molecule has 9 nitrogen and oxygen atoms in total. The summed E-state index contributed by atoms with van der Waals surface area (Å²) in [4.78, 5) is 26.1. The van der Waals surface area contributed by atoms with Crippen molar-refractivity contribution in [3.63, 3.8) is 0 Å². The number of ether oxygens (including phenoxy) is 1. The molecule has 1 atom stereocenters. The van der Waals surface area contributed by atoms with Crippen LogP contribution in [0.3, 0.4) is 0 Å². The van der Waals surface area contributed by atoms with Gasteiger partial charge in [0.05, 0.1) is 11.7 Å². The maximum absolute atomic E-state index is 12.8. The number of para-hydroxylation sites is 1. The van der Waals surface area contributed by atoms with E-state index in [1.165, 1.54) is 15.9 Å². The number of tetrazole rings is 1. The summed E-state index contributed by atoms with van der Waals surface area (Å²) >= 11 is 0. The number of hydrogen-bond donors (Lipinski definition) is 1. The van der Waals surface area contributed by atoms with Gasteiger partial charge in [-0.2, -0.15) is 0 Å². The highest BCUT2D eigenvalue weighted by atomic mass is 16.5. The molecule has 0 bridgehead atoms. The number of likely N-dealkylation sites (N-methyl/N-ethyl adjacent to an activating group) is 1. The van der Waals surface area contributed by atoms with Gasteiger partial charge in [-0.1, -0.05) is 25.1 Å². The Balaban J connectivity index is 1.72. The first-order valence-corrected chi connectivity index (χ1v) is 9.55. The Kier molecular flexibility index (Phi) is 6.74. The number of carbonyl (C=O) groups excluding carboxylic acids is 2. The topological polar surface area (TPSA) is 102 Å². The van der Waals surface area contributed by atoms with E-state index in [4.69, 9.17) is 4.74 Å². The van der Waals surface area contributed by atoms with Crippen molar-refractivity contribution in [3.05, 3.63) is 66.0 Å². The minimum absolute atomic E-state index is 0.0625. The Morgan fingerprint density at radius 2 is 1.87 bits per heavy atom. The Hall–Kier alpha value is -3.75. The zero-order valence-electron chi connectivity index (χ0n) is 17.1. The zero-order valence-corrected chi connectivity index (χ0v) is 17.1. The van der Waals surface area contributed by atoms with Gasteiger partial charge in [-0.05, 0) is 47.2 Å². The number of benzene rings is 2. The number of carbonyl (C=O) groups is 2. The number of nitrogens with zero attached hydrogens (tertiary/aromatic N) is 5. The third kappa shape index (κ3) is 4.99. The summed E-state index contributed by atoms with van der Waals surface area (Å²) in [5.74, 6) is 0.239. The van der Waals surface area contributed by atoms with Crippen LogP contribution in [0.5, 0.6) is 5.75 Å². The predicted octanol–water partition coefficient (Wildman–Crippen LogP) is 2.01. The number of hydrogen-bond acceptors (Lipinski definition) is 6. The van der Waals surface area contributed by atoms with Crippen LogP contribution >= 0.6 is 0 Å². The van der Waals surface area contributed by atoms with Crippen LogP contribution in [-0.4, -0.2) is 57.6 Å². The van der Waals surface area contributed by atoms with Gasteiger partial charge in [-0.3, -0.25) is 9.59 Å².